The predicted octanol–water partition coefficient (Wildman–Crippen LogP) is 3.07. The molecule has 7 heteroatoms. The first kappa shape index (κ1) is 15.8. The highest BCUT2D eigenvalue weighted by molar-refractivity contribution is 7.98. The van der Waals surface area contributed by atoms with Crippen LogP contribution in [0.15, 0.2) is 47.4 Å². The standard InChI is InChI=1S/C17H13N5OS/c1-24-12-5-6-14-13(8-12)15(16(17(19)23)22-21-14)20-11-4-2-3-10(7-11)9-18/h2-8H,1H3,(H2,19,23)(H,20,21). The quantitative estimate of drug-likeness (QED) is 0.710. The number of nitrogens with zero attached hydrogens (tertiary/aromatic N) is 3. The number of thioether (sulfide) groups is 1. The molecule has 1 amide bonds. The van der Waals surface area contributed by atoms with Gasteiger partial charge in [0.2, 0.25) is 0 Å². The molecule has 1 heterocycles. The van der Waals surface area contributed by atoms with Crippen molar-refractivity contribution in [2.45, 2.75) is 4.90 Å². The smallest absolute Gasteiger partial charge is 0.271 e. The maximum Gasteiger partial charge on any atom is 0.271 e. The molecule has 0 spiro atoms. The van der Waals surface area contributed by atoms with Gasteiger partial charge < -0.3 is 11.1 Å². The van der Waals surface area contributed by atoms with E-state index in [9.17, 15) is 4.79 Å². The Morgan fingerprint density at radius 2 is 2.08 bits per heavy atom. The summed E-state index contributed by atoms with van der Waals surface area (Å²) in [6.07, 6.45) is 1.97. The lowest BCUT2D eigenvalue weighted by atomic mass is 10.1. The molecule has 3 rings (SSSR count). The third kappa shape index (κ3) is 3.00. The molecular formula is C17H13N5OS. The molecule has 0 aliphatic rings. The van der Waals surface area contributed by atoms with Crippen LogP contribution in [0.25, 0.3) is 10.9 Å². The number of nitrogens with one attached hydrogen (secondary N) is 1. The van der Waals surface area contributed by atoms with Crippen LogP contribution in [0.2, 0.25) is 0 Å². The number of fused-ring (bicyclic) bond motifs is 1. The number of rotatable bonds is 4. The van der Waals surface area contributed by atoms with Gasteiger partial charge >= 0.3 is 0 Å². The van der Waals surface area contributed by atoms with E-state index in [0.717, 1.165) is 10.3 Å². The fourth-order valence-corrected chi connectivity index (χ4v) is 2.76. The number of benzene rings is 2. The predicted molar refractivity (Wildman–Crippen MR) is 94.3 cm³/mol. The fraction of sp³-hybridized carbons (Fsp3) is 0.0588. The SMILES string of the molecule is CSc1ccc2nnc(C(N)=O)c(Nc3cccc(C#N)c3)c2c1. The van der Waals surface area contributed by atoms with Crippen molar-refractivity contribution in [2.24, 2.45) is 5.73 Å². The molecule has 0 saturated heterocycles. The zero-order valence-corrected chi connectivity index (χ0v) is 13.6. The highest BCUT2D eigenvalue weighted by Crippen LogP contribution is 2.30. The third-order valence-corrected chi connectivity index (χ3v) is 4.19. The van der Waals surface area contributed by atoms with Gasteiger partial charge in [-0.3, -0.25) is 4.79 Å². The van der Waals surface area contributed by atoms with Crippen LogP contribution < -0.4 is 11.1 Å². The third-order valence-electron chi connectivity index (χ3n) is 3.46. The molecule has 3 N–H and O–H groups in total. The van der Waals surface area contributed by atoms with Crippen LogP contribution in [0.3, 0.4) is 0 Å². The summed E-state index contributed by atoms with van der Waals surface area (Å²) < 4.78 is 0. The van der Waals surface area contributed by atoms with Crippen molar-refractivity contribution in [2.75, 3.05) is 11.6 Å². The Balaban J connectivity index is 2.20. The van der Waals surface area contributed by atoms with Crippen LogP contribution in [0.5, 0.6) is 0 Å². The molecule has 6 nitrogen and oxygen atoms in total. The Kier molecular flexibility index (Phi) is 4.31. The highest BCUT2D eigenvalue weighted by atomic mass is 32.2. The Labute approximate surface area is 142 Å². The first-order valence-electron chi connectivity index (χ1n) is 7.04. The minimum atomic E-state index is -0.669. The molecule has 3 aromatic rings. The molecule has 0 unspecified atom stereocenters. The topological polar surface area (TPSA) is 105 Å². The number of primary amides is 1. The van der Waals surface area contributed by atoms with E-state index in [4.69, 9.17) is 11.0 Å². The second-order valence-electron chi connectivity index (χ2n) is 4.99. The molecule has 0 atom stereocenters. The van der Waals surface area contributed by atoms with E-state index in [2.05, 4.69) is 21.6 Å². The van der Waals surface area contributed by atoms with E-state index in [-0.39, 0.29) is 5.69 Å². The highest BCUT2D eigenvalue weighted by Gasteiger charge is 2.16. The Hall–Kier alpha value is -3.11. The van der Waals surface area contributed by atoms with Crippen molar-refractivity contribution < 1.29 is 4.79 Å². The van der Waals surface area contributed by atoms with E-state index in [1.54, 1.807) is 36.0 Å². The molecule has 2 aromatic carbocycles. The zero-order valence-electron chi connectivity index (χ0n) is 12.8. The molecule has 0 saturated carbocycles. The van der Waals surface area contributed by atoms with Crippen molar-refractivity contribution in [3.05, 3.63) is 53.7 Å². The first-order chi connectivity index (χ1) is 11.6. The van der Waals surface area contributed by atoms with Gasteiger partial charge in [0.1, 0.15) is 0 Å². The van der Waals surface area contributed by atoms with Gasteiger partial charge in [-0.1, -0.05) is 6.07 Å². The van der Waals surface area contributed by atoms with Crippen LogP contribution >= 0.6 is 11.8 Å². The van der Waals surface area contributed by atoms with Crippen LogP contribution in [0, 0.1) is 11.3 Å². The summed E-state index contributed by atoms with van der Waals surface area (Å²) in [6, 6.07) is 14.7. The summed E-state index contributed by atoms with van der Waals surface area (Å²) in [5.41, 5.74) is 7.82. The summed E-state index contributed by atoms with van der Waals surface area (Å²) in [6.45, 7) is 0. The molecule has 0 aliphatic heterocycles. The molecule has 24 heavy (non-hydrogen) atoms. The lowest BCUT2D eigenvalue weighted by molar-refractivity contribution is 0.0995. The van der Waals surface area contributed by atoms with E-state index >= 15 is 0 Å². The zero-order chi connectivity index (χ0) is 17.1. The lowest BCUT2D eigenvalue weighted by Crippen LogP contribution is -2.16. The van der Waals surface area contributed by atoms with Crippen LogP contribution in [-0.2, 0) is 0 Å². The molecule has 0 bridgehead atoms. The number of hydrogen-bond donors (Lipinski definition) is 2. The minimum absolute atomic E-state index is 0.0584. The van der Waals surface area contributed by atoms with Gasteiger partial charge in [0, 0.05) is 16.0 Å². The molecule has 0 fully saturated rings. The second kappa shape index (κ2) is 6.56. The largest absolute Gasteiger partial charge is 0.364 e. The first-order valence-corrected chi connectivity index (χ1v) is 8.26. The average molecular weight is 335 g/mol. The molecule has 118 valence electrons. The van der Waals surface area contributed by atoms with Crippen LogP contribution in [0.4, 0.5) is 11.4 Å². The number of nitriles is 1. The minimum Gasteiger partial charge on any atom is -0.364 e. The van der Waals surface area contributed by atoms with Gasteiger partial charge in [-0.25, -0.2) is 0 Å². The number of carbonyl (C=O) groups is 1. The maximum atomic E-state index is 11.8. The summed E-state index contributed by atoms with van der Waals surface area (Å²) in [7, 11) is 0. The Morgan fingerprint density at radius 1 is 1.25 bits per heavy atom. The normalized spacial score (nSPS) is 10.3. The number of carbonyl (C=O) groups excluding carboxylic acids is 1. The molecule has 0 radical (unpaired) electrons. The number of amides is 1. The summed E-state index contributed by atoms with van der Waals surface area (Å²) in [5, 5.41) is 20.9. The van der Waals surface area contributed by atoms with Crippen LogP contribution in [-0.4, -0.2) is 22.4 Å². The van der Waals surface area contributed by atoms with Crippen molar-refractivity contribution >= 4 is 39.9 Å². The van der Waals surface area contributed by atoms with E-state index in [1.807, 2.05) is 24.5 Å². The van der Waals surface area contributed by atoms with Gasteiger partial charge in [-0.15, -0.1) is 22.0 Å². The monoisotopic (exact) mass is 335 g/mol. The number of hydrogen-bond acceptors (Lipinski definition) is 6. The molecule has 0 aliphatic carbocycles. The van der Waals surface area contributed by atoms with Crippen molar-refractivity contribution in [1.82, 2.24) is 10.2 Å². The second-order valence-corrected chi connectivity index (χ2v) is 5.87. The van der Waals surface area contributed by atoms with E-state index < -0.39 is 5.91 Å². The van der Waals surface area contributed by atoms with E-state index in [1.165, 1.54) is 0 Å². The van der Waals surface area contributed by atoms with Gasteiger partial charge in [0.05, 0.1) is 22.8 Å². The lowest BCUT2D eigenvalue weighted by Gasteiger charge is -2.13. The van der Waals surface area contributed by atoms with Gasteiger partial charge in [0.15, 0.2) is 5.69 Å². The summed E-state index contributed by atoms with van der Waals surface area (Å²) in [5.74, 6) is -0.669. The number of aromatic nitrogens is 2. The average Bonchev–Trinajstić information content (AvgIpc) is 2.61. The Morgan fingerprint density at radius 3 is 2.79 bits per heavy atom. The maximum absolute atomic E-state index is 11.8. The van der Waals surface area contributed by atoms with Crippen molar-refractivity contribution in [3.8, 4) is 6.07 Å². The van der Waals surface area contributed by atoms with Gasteiger partial charge in [-0.05, 0) is 42.7 Å². The molecule has 1 aromatic heterocycles. The summed E-state index contributed by atoms with van der Waals surface area (Å²) >= 11 is 1.58. The number of nitrogens with two attached hydrogens (primary N) is 1. The van der Waals surface area contributed by atoms with Crippen molar-refractivity contribution in [1.29, 1.82) is 5.26 Å². The summed E-state index contributed by atoms with van der Waals surface area (Å²) in [4.78, 5) is 12.8. The Bertz CT molecular complexity index is 980. The fourth-order valence-electron chi connectivity index (χ4n) is 2.32. The number of anilines is 2. The molecular weight excluding hydrogens is 322 g/mol. The van der Waals surface area contributed by atoms with Crippen LogP contribution in [0.1, 0.15) is 16.1 Å². The van der Waals surface area contributed by atoms with E-state index in [0.29, 0.717) is 22.5 Å². The van der Waals surface area contributed by atoms with Gasteiger partial charge in [-0.2, -0.15) is 5.26 Å². The van der Waals surface area contributed by atoms with Crippen molar-refractivity contribution in [3.63, 3.8) is 0 Å². The van der Waals surface area contributed by atoms with Gasteiger partial charge in [0.25, 0.3) is 5.91 Å².